The molecule has 146 valence electrons. The Morgan fingerprint density at radius 1 is 1.32 bits per heavy atom. The highest BCUT2D eigenvalue weighted by Crippen LogP contribution is 2.44. The predicted octanol–water partition coefficient (Wildman–Crippen LogP) is 4.30. The van der Waals surface area contributed by atoms with E-state index in [1.807, 2.05) is 41.7 Å². The lowest BCUT2D eigenvalue weighted by molar-refractivity contribution is -0.116. The van der Waals surface area contributed by atoms with Crippen LogP contribution in [-0.2, 0) is 11.2 Å². The number of benzene rings is 1. The summed E-state index contributed by atoms with van der Waals surface area (Å²) in [6.45, 7) is 3.56. The van der Waals surface area contributed by atoms with Crippen molar-refractivity contribution in [2.45, 2.75) is 37.7 Å². The van der Waals surface area contributed by atoms with Crippen LogP contribution in [0.4, 0.5) is 5.69 Å². The zero-order valence-electron chi connectivity index (χ0n) is 16.0. The van der Waals surface area contributed by atoms with E-state index < -0.39 is 0 Å². The van der Waals surface area contributed by atoms with Gasteiger partial charge in [0.2, 0.25) is 5.91 Å². The molecule has 1 saturated heterocycles. The summed E-state index contributed by atoms with van der Waals surface area (Å²) in [4.78, 5) is 27.0. The van der Waals surface area contributed by atoms with Gasteiger partial charge in [0.15, 0.2) is 0 Å². The van der Waals surface area contributed by atoms with Crippen LogP contribution in [0.15, 0.2) is 29.1 Å². The van der Waals surface area contributed by atoms with Crippen molar-refractivity contribution in [2.24, 2.45) is 0 Å². The van der Waals surface area contributed by atoms with Gasteiger partial charge in [0.05, 0.1) is 4.58 Å². The maximum absolute atomic E-state index is 12.5. The van der Waals surface area contributed by atoms with Crippen LogP contribution in [0.5, 0.6) is 0 Å². The Morgan fingerprint density at radius 2 is 2.07 bits per heavy atom. The Morgan fingerprint density at radius 3 is 2.79 bits per heavy atom. The fourth-order valence-electron chi connectivity index (χ4n) is 3.33. The van der Waals surface area contributed by atoms with Crippen LogP contribution < -0.4 is 10.9 Å². The number of thioether (sulfide) groups is 2. The molecule has 0 aliphatic carbocycles. The molecule has 0 bridgehead atoms. The first-order valence-corrected chi connectivity index (χ1v) is 11.3. The van der Waals surface area contributed by atoms with Crippen LogP contribution in [-0.4, -0.2) is 22.4 Å². The molecule has 1 amide bonds. The molecule has 3 rings (SSSR count). The minimum Gasteiger partial charge on any atom is -0.326 e. The second-order valence-corrected chi connectivity index (χ2v) is 9.49. The topological polar surface area (TPSA) is 85.8 Å². The molecule has 2 heterocycles. The van der Waals surface area contributed by atoms with E-state index >= 15 is 0 Å². The number of amides is 1. The number of hydrogen-bond acceptors (Lipinski definition) is 5. The number of nitrogens with one attached hydrogen (secondary N) is 2. The molecule has 1 aliphatic heterocycles. The standard InChI is InChI=1S/C21H23N3O2S2/c1-13-17(14(2)23-20(26)18(13)12-22)7-8-19(25)24-16-6-3-5-15(11-16)21-27-9-4-10-28-21/h3,5-6,11,21H,4,7-10H2,1-2H3,(H,23,26)(H,24,25). The van der Waals surface area contributed by atoms with Gasteiger partial charge in [-0.2, -0.15) is 5.26 Å². The van der Waals surface area contributed by atoms with Crippen LogP contribution in [0.3, 0.4) is 0 Å². The van der Waals surface area contributed by atoms with E-state index in [0.717, 1.165) is 11.3 Å². The van der Waals surface area contributed by atoms with Gasteiger partial charge < -0.3 is 10.3 Å². The van der Waals surface area contributed by atoms with Crippen LogP contribution in [0, 0.1) is 25.2 Å². The van der Waals surface area contributed by atoms with Crippen LogP contribution in [0.2, 0.25) is 0 Å². The molecular weight excluding hydrogens is 390 g/mol. The summed E-state index contributed by atoms with van der Waals surface area (Å²) < 4.78 is 0.432. The summed E-state index contributed by atoms with van der Waals surface area (Å²) in [5.41, 5.74) is 4.01. The summed E-state index contributed by atoms with van der Waals surface area (Å²) in [6.07, 6.45) is 2.01. The van der Waals surface area contributed by atoms with E-state index in [2.05, 4.69) is 22.4 Å². The Labute approximate surface area is 173 Å². The molecule has 0 unspecified atom stereocenters. The monoisotopic (exact) mass is 413 g/mol. The summed E-state index contributed by atoms with van der Waals surface area (Å²) in [5.74, 6) is 2.28. The number of aromatic nitrogens is 1. The van der Waals surface area contributed by atoms with E-state index in [-0.39, 0.29) is 23.5 Å². The molecule has 1 aromatic heterocycles. The van der Waals surface area contributed by atoms with E-state index in [9.17, 15) is 9.59 Å². The molecule has 0 radical (unpaired) electrons. The minimum atomic E-state index is -0.374. The maximum atomic E-state index is 12.5. The quantitative estimate of drug-likeness (QED) is 0.763. The highest BCUT2D eigenvalue weighted by molar-refractivity contribution is 8.16. The minimum absolute atomic E-state index is 0.0791. The smallest absolute Gasteiger partial charge is 0.266 e. The largest absolute Gasteiger partial charge is 0.326 e. The van der Waals surface area contributed by atoms with Crippen LogP contribution >= 0.6 is 23.5 Å². The second kappa shape index (κ2) is 9.35. The molecule has 0 atom stereocenters. The van der Waals surface area contributed by atoms with Crippen LogP contribution in [0.1, 0.15) is 45.4 Å². The molecule has 1 fully saturated rings. The van der Waals surface area contributed by atoms with Crippen molar-refractivity contribution < 1.29 is 4.79 Å². The number of aromatic amines is 1. The number of rotatable bonds is 5. The third kappa shape index (κ3) is 4.81. The first kappa shape index (κ1) is 20.6. The zero-order chi connectivity index (χ0) is 20.1. The number of hydrogen-bond donors (Lipinski definition) is 2. The second-order valence-electron chi connectivity index (χ2n) is 6.77. The SMILES string of the molecule is Cc1[nH]c(=O)c(C#N)c(C)c1CCC(=O)Nc1cccc(C2SCCCS2)c1. The number of carbonyl (C=O) groups excluding carboxylic acids is 1. The maximum Gasteiger partial charge on any atom is 0.266 e. The van der Waals surface area contributed by atoms with Crippen LogP contribution in [0.25, 0.3) is 0 Å². The van der Waals surface area contributed by atoms with Gasteiger partial charge in [-0.15, -0.1) is 23.5 Å². The number of nitriles is 1. The molecule has 7 heteroatoms. The number of carbonyl (C=O) groups is 1. The summed E-state index contributed by atoms with van der Waals surface area (Å²) in [7, 11) is 0. The zero-order valence-corrected chi connectivity index (χ0v) is 17.6. The first-order chi connectivity index (χ1) is 13.5. The van der Waals surface area contributed by atoms with Crippen molar-refractivity contribution >= 4 is 35.1 Å². The van der Waals surface area contributed by atoms with Crippen molar-refractivity contribution in [2.75, 3.05) is 16.8 Å². The average molecular weight is 414 g/mol. The summed E-state index contributed by atoms with van der Waals surface area (Å²) in [5, 5.41) is 12.1. The predicted molar refractivity (Wildman–Crippen MR) is 117 cm³/mol. The lowest BCUT2D eigenvalue weighted by Crippen LogP contribution is -2.18. The van der Waals surface area contributed by atoms with Gasteiger partial charge in [-0.05, 0) is 67.0 Å². The van der Waals surface area contributed by atoms with Gasteiger partial charge >= 0.3 is 0 Å². The Kier molecular flexibility index (Phi) is 6.87. The lowest BCUT2D eigenvalue weighted by Gasteiger charge is -2.21. The first-order valence-electron chi connectivity index (χ1n) is 9.25. The van der Waals surface area contributed by atoms with Gasteiger partial charge in [-0.1, -0.05) is 12.1 Å². The molecule has 1 aliphatic rings. The molecule has 1 aromatic carbocycles. The van der Waals surface area contributed by atoms with E-state index in [4.69, 9.17) is 5.26 Å². The number of pyridine rings is 1. The fourth-order valence-corrected chi connectivity index (χ4v) is 6.20. The molecule has 2 N–H and O–H groups in total. The highest BCUT2D eigenvalue weighted by atomic mass is 32.2. The van der Waals surface area contributed by atoms with Crippen molar-refractivity contribution in [1.29, 1.82) is 5.26 Å². The molecule has 0 saturated carbocycles. The van der Waals surface area contributed by atoms with E-state index in [1.165, 1.54) is 23.5 Å². The van der Waals surface area contributed by atoms with Gasteiger partial charge in [-0.3, -0.25) is 9.59 Å². The summed E-state index contributed by atoms with van der Waals surface area (Å²) >= 11 is 3.91. The highest BCUT2D eigenvalue weighted by Gasteiger charge is 2.17. The molecule has 5 nitrogen and oxygen atoms in total. The van der Waals surface area contributed by atoms with E-state index in [1.54, 1.807) is 13.8 Å². The van der Waals surface area contributed by atoms with Crippen molar-refractivity contribution in [1.82, 2.24) is 4.98 Å². The molecule has 28 heavy (non-hydrogen) atoms. The Hall–Kier alpha value is -2.17. The third-order valence-electron chi connectivity index (χ3n) is 4.79. The molecule has 2 aromatic rings. The van der Waals surface area contributed by atoms with Crippen molar-refractivity contribution in [3.8, 4) is 6.07 Å². The van der Waals surface area contributed by atoms with Gasteiger partial charge in [0, 0.05) is 17.8 Å². The lowest BCUT2D eigenvalue weighted by atomic mass is 9.99. The third-order valence-corrected chi connectivity index (χ3v) is 7.81. The fraction of sp³-hybridized carbons (Fsp3) is 0.381. The van der Waals surface area contributed by atoms with Gasteiger partial charge in [0.1, 0.15) is 11.6 Å². The van der Waals surface area contributed by atoms with Crippen molar-refractivity contribution in [3.63, 3.8) is 0 Å². The Bertz CT molecular complexity index is 973. The van der Waals surface area contributed by atoms with Gasteiger partial charge in [0.25, 0.3) is 5.56 Å². The number of nitrogens with zero attached hydrogens (tertiary/aromatic N) is 1. The number of anilines is 1. The van der Waals surface area contributed by atoms with Crippen molar-refractivity contribution in [3.05, 3.63) is 62.6 Å². The van der Waals surface area contributed by atoms with Gasteiger partial charge in [-0.25, -0.2) is 0 Å². The molecule has 0 spiro atoms. The molecular formula is C21H23N3O2S2. The summed E-state index contributed by atoms with van der Waals surface area (Å²) in [6, 6.07) is 10.0. The van der Waals surface area contributed by atoms with E-state index in [0.29, 0.717) is 22.3 Å². The number of aryl methyl sites for hydroxylation is 1. The number of H-pyrrole nitrogens is 1. The average Bonchev–Trinajstić information content (AvgIpc) is 2.69. The normalized spacial score (nSPS) is 14.5. The Balaban J connectivity index is 1.66.